The van der Waals surface area contributed by atoms with Crippen LogP contribution in [0.25, 0.3) is 11.5 Å². The molecule has 1 N–H and O–H groups in total. The highest BCUT2D eigenvalue weighted by Crippen LogP contribution is 2.23. The molecule has 2 aromatic carbocycles. The first-order chi connectivity index (χ1) is 12.1. The van der Waals surface area contributed by atoms with E-state index < -0.39 is 0 Å². The third-order valence-electron chi connectivity index (χ3n) is 3.39. The zero-order chi connectivity index (χ0) is 17.8. The van der Waals surface area contributed by atoms with Gasteiger partial charge in [0.25, 0.3) is 5.91 Å². The monoisotopic (exact) mass is 377 g/mol. The zero-order valence-electron chi connectivity index (χ0n) is 13.1. The van der Waals surface area contributed by atoms with Gasteiger partial charge in [0.2, 0.25) is 11.8 Å². The third kappa shape index (κ3) is 4.10. The van der Waals surface area contributed by atoms with Crippen LogP contribution in [0.15, 0.2) is 46.9 Å². The Morgan fingerprint density at radius 3 is 2.56 bits per heavy atom. The molecule has 3 rings (SSSR count). The molecule has 25 heavy (non-hydrogen) atoms. The highest BCUT2D eigenvalue weighted by atomic mass is 35.5. The Bertz CT molecular complexity index is 894. The minimum absolute atomic E-state index is 0.0994. The number of ether oxygens (including phenoxy) is 1. The van der Waals surface area contributed by atoms with Crippen LogP contribution in [-0.4, -0.2) is 23.2 Å². The van der Waals surface area contributed by atoms with Crippen molar-refractivity contribution in [2.45, 2.75) is 6.54 Å². The van der Waals surface area contributed by atoms with Crippen LogP contribution in [-0.2, 0) is 6.54 Å². The SMILES string of the molecule is COc1ccc(-c2nnc(CNC(=O)c3ccc(Cl)c(Cl)c3)o2)cc1. The van der Waals surface area contributed by atoms with E-state index in [0.29, 0.717) is 27.4 Å². The van der Waals surface area contributed by atoms with Crippen molar-refractivity contribution >= 4 is 29.1 Å². The smallest absolute Gasteiger partial charge is 0.251 e. The van der Waals surface area contributed by atoms with Gasteiger partial charge in [0.05, 0.1) is 23.7 Å². The predicted octanol–water partition coefficient (Wildman–Crippen LogP) is 3.98. The molecule has 0 aliphatic heterocycles. The largest absolute Gasteiger partial charge is 0.497 e. The molecule has 0 saturated carbocycles. The lowest BCUT2D eigenvalue weighted by Gasteiger charge is -2.04. The maximum absolute atomic E-state index is 12.1. The minimum atomic E-state index is -0.317. The maximum Gasteiger partial charge on any atom is 0.251 e. The summed E-state index contributed by atoms with van der Waals surface area (Å²) in [5, 5.41) is 11.3. The molecule has 6 nitrogen and oxygen atoms in total. The number of hydrogen-bond donors (Lipinski definition) is 1. The standard InChI is InChI=1S/C17H13Cl2N3O3/c1-24-12-5-2-10(3-6-12)17-22-21-15(25-17)9-20-16(23)11-4-7-13(18)14(19)8-11/h2-8H,9H2,1H3,(H,20,23). The number of halogens is 2. The Balaban J connectivity index is 1.64. The van der Waals surface area contributed by atoms with Crippen molar-refractivity contribution in [3.63, 3.8) is 0 Å². The molecule has 3 aromatic rings. The van der Waals surface area contributed by atoms with E-state index in [9.17, 15) is 4.79 Å². The van der Waals surface area contributed by atoms with Gasteiger partial charge in [0.1, 0.15) is 5.75 Å². The van der Waals surface area contributed by atoms with Crippen LogP contribution in [0.5, 0.6) is 5.75 Å². The molecule has 8 heteroatoms. The summed E-state index contributed by atoms with van der Waals surface area (Å²) in [6.45, 7) is 0.0994. The number of nitrogens with one attached hydrogen (secondary N) is 1. The second-order valence-corrected chi connectivity index (χ2v) is 5.86. The fraction of sp³-hybridized carbons (Fsp3) is 0.118. The van der Waals surface area contributed by atoms with Crippen LogP contribution in [0.4, 0.5) is 0 Å². The summed E-state index contributed by atoms with van der Waals surface area (Å²) in [5.41, 5.74) is 1.15. The van der Waals surface area contributed by atoms with Crippen LogP contribution in [0.1, 0.15) is 16.2 Å². The van der Waals surface area contributed by atoms with Gasteiger partial charge in [-0.1, -0.05) is 23.2 Å². The Morgan fingerprint density at radius 1 is 1.12 bits per heavy atom. The second kappa shape index (κ2) is 7.55. The fourth-order valence-corrected chi connectivity index (χ4v) is 2.37. The Kier molecular flexibility index (Phi) is 5.21. The number of hydrogen-bond acceptors (Lipinski definition) is 5. The average Bonchev–Trinajstić information content (AvgIpc) is 3.11. The minimum Gasteiger partial charge on any atom is -0.497 e. The highest BCUT2D eigenvalue weighted by molar-refractivity contribution is 6.42. The Morgan fingerprint density at radius 2 is 1.88 bits per heavy atom. The predicted molar refractivity (Wildman–Crippen MR) is 93.9 cm³/mol. The first-order valence-corrected chi connectivity index (χ1v) is 8.02. The lowest BCUT2D eigenvalue weighted by molar-refractivity contribution is 0.0947. The first kappa shape index (κ1) is 17.3. The Labute approximate surface area is 153 Å². The van der Waals surface area contributed by atoms with Gasteiger partial charge in [0.15, 0.2) is 0 Å². The van der Waals surface area contributed by atoms with E-state index in [4.69, 9.17) is 32.4 Å². The number of rotatable bonds is 5. The van der Waals surface area contributed by atoms with Crippen LogP contribution in [0, 0.1) is 0 Å². The molecule has 0 unspecified atom stereocenters. The number of amides is 1. The van der Waals surface area contributed by atoms with E-state index in [1.807, 2.05) is 12.1 Å². The molecule has 0 atom stereocenters. The van der Waals surface area contributed by atoms with Gasteiger partial charge >= 0.3 is 0 Å². The van der Waals surface area contributed by atoms with E-state index in [1.54, 1.807) is 31.4 Å². The lowest BCUT2D eigenvalue weighted by Crippen LogP contribution is -2.22. The van der Waals surface area contributed by atoms with Crippen molar-refractivity contribution < 1.29 is 13.9 Å². The number of nitrogens with zero attached hydrogens (tertiary/aromatic N) is 2. The van der Waals surface area contributed by atoms with Gasteiger partial charge in [-0.3, -0.25) is 4.79 Å². The summed E-state index contributed by atoms with van der Waals surface area (Å²) in [5.74, 6) is 1.07. The summed E-state index contributed by atoms with van der Waals surface area (Å²) in [6.07, 6.45) is 0. The molecule has 1 aromatic heterocycles. The molecule has 0 spiro atoms. The van der Waals surface area contributed by atoms with Gasteiger partial charge in [-0.2, -0.15) is 0 Å². The number of carbonyl (C=O) groups is 1. The average molecular weight is 378 g/mol. The first-order valence-electron chi connectivity index (χ1n) is 7.27. The molecule has 128 valence electrons. The van der Waals surface area contributed by atoms with Crippen molar-refractivity contribution in [2.75, 3.05) is 7.11 Å². The van der Waals surface area contributed by atoms with Crippen LogP contribution >= 0.6 is 23.2 Å². The summed E-state index contributed by atoms with van der Waals surface area (Å²) < 4.78 is 10.6. The van der Waals surface area contributed by atoms with Crippen LogP contribution < -0.4 is 10.1 Å². The van der Waals surface area contributed by atoms with Gasteiger partial charge in [0, 0.05) is 11.1 Å². The van der Waals surface area contributed by atoms with Gasteiger partial charge in [-0.25, -0.2) is 0 Å². The van der Waals surface area contributed by atoms with E-state index in [-0.39, 0.29) is 12.5 Å². The fourth-order valence-electron chi connectivity index (χ4n) is 2.07. The number of carbonyl (C=O) groups excluding carboxylic acids is 1. The molecule has 0 aliphatic rings. The van der Waals surface area contributed by atoms with Crippen molar-refractivity contribution in [1.82, 2.24) is 15.5 Å². The van der Waals surface area contributed by atoms with E-state index >= 15 is 0 Å². The molecular formula is C17H13Cl2N3O3. The number of benzene rings is 2. The molecule has 0 saturated heterocycles. The number of aromatic nitrogens is 2. The van der Waals surface area contributed by atoms with E-state index in [1.165, 1.54) is 6.07 Å². The molecule has 0 aliphatic carbocycles. The second-order valence-electron chi connectivity index (χ2n) is 5.04. The zero-order valence-corrected chi connectivity index (χ0v) is 14.6. The van der Waals surface area contributed by atoms with Crippen molar-refractivity contribution in [3.8, 4) is 17.2 Å². The molecule has 0 bridgehead atoms. The van der Waals surface area contributed by atoms with Crippen molar-refractivity contribution in [1.29, 1.82) is 0 Å². The van der Waals surface area contributed by atoms with Crippen LogP contribution in [0.3, 0.4) is 0 Å². The topological polar surface area (TPSA) is 77.3 Å². The summed E-state index contributed by atoms with van der Waals surface area (Å²) in [7, 11) is 1.59. The van der Waals surface area contributed by atoms with Gasteiger partial charge in [-0.15, -0.1) is 10.2 Å². The molecule has 1 amide bonds. The molecule has 0 radical (unpaired) electrons. The van der Waals surface area contributed by atoms with Crippen LogP contribution in [0.2, 0.25) is 10.0 Å². The van der Waals surface area contributed by atoms with Gasteiger partial charge in [-0.05, 0) is 42.5 Å². The summed E-state index contributed by atoms with van der Waals surface area (Å²) in [4.78, 5) is 12.1. The van der Waals surface area contributed by atoms with Crippen molar-refractivity contribution in [2.24, 2.45) is 0 Å². The molecule has 1 heterocycles. The summed E-state index contributed by atoms with van der Waals surface area (Å²) in [6, 6.07) is 11.9. The van der Waals surface area contributed by atoms with E-state index in [2.05, 4.69) is 15.5 Å². The normalized spacial score (nSPS) is 10.5. The van der Waals surface area contributed by atoms with Gasteiger partial charge < -0.3 is 14.5 Å². The van der Waals surface area contributed by atoms with E-state index in [0.717, 1.165) is 11.3 Å². The quantitative estimate of drug-likeness (QED) is 0.727. The Hall–Kier alpha value is -2.57. The number of methoxy groups -OCH3 is 1. The maximum atomic E-state index is 12.1. The lowest BCUT2D eigenvalue weighted by atomic mass is 10.2. The highest BCUT2D eigenvalue weighted by Gasteiger charge is 2.12. The molecular weight excluding hydrogens is 365 g/mol. The third-order valence-corrected chi connectivity index (χ3v) is 4.12. The summed E-state index contributed by atoms with van der Waals surface area (Å²) >= 11 is 11.7. The molecule has 0 fully saturated rings. The van der Waals surface area contributed by atoms with Crippen molar-refractivity contribution in [3.05, 3.63) is 64.0 Å².